The fourth-order valence-electron chi connectivity index (χ4n) is 4.50. The van der Waals surface area contributed by atoms with Crippen LogP contribution < -0.4 is 4.74 Å². The molecule has 0 fully saturated rings. The van der Waals surface area contributed by atoms with Crippen LogP contribution in [0.1, 0.15) is 66.4 Å². The van der Waals surface area contributed by atoms with Crippen molar-refractivity contribution < 1.29 is 13.2 Å². The lowest BCUT2D eigenvalue weighted by Crippen LogP contribution is -2.30. The molecule has 3 nitrogen and oxygen atoms in total. The molecule has 0 radical (unpaired) electrons. The van der Waals surface area contributed by atoms with Gasteiger partial charge in [0, 0.05) is 0 Å². The van der Waals surface area contributed by atoms with E-state index in [-0.39, 0.29) is 11.0 Å². The second-order valence-electron chi connectivity index (χ2n) is 11.2. The highest BCUT2D eigenvalue weighted by Gasteiger charge is 2.22. The first-order chi connectivity index (χ1) is 18.5. The van der Waals surface area contributed by atoms with Crippen molar-refractivity contribution in [3.8, 4) is 28.0 Å². The molecule has 4 aromatic carbocycles. The molecule has 4 rings (SSSR count). The van der Waals surface area contributed by atoms with E-state index in [2.05, 4.69) is 77.9 Å². The van der Waals surface area contributed by atoms with Gasteiger partial charge in [0.15, 0.2) is 0 Å². The number of benzene rings is 4. The van der Waals surface area contributed by atoms with Gasteiger partial charge in [0.05, 0.1) is 9.79 Å². The molecule has 0 heterocycles. The van der Waals surface area contributed by atoms with Gasteiger partial charge >= 0.3 is 0 Å². The van der Waals surface area contributed by atoms with E-state index in [1.54, 1.807) is 24.3 Å². The zero-order valence-corrected chi connectivity index (χ0v) is 24.8. The van der Waals surface area contributed by atoms with Gasteiger partial charge in [-0.25, -0.2) is 8.42 Å². The molecule has 0 spiro atoms. The molecular formula is C35H40O3S. The van der Waals surface area contributed by atoms with Crippen LogP contribution in [0.2, 0.25) is 0 Å². The van der Waals surface area contributed by atoms with Crippen LogP contribution in [0, 0.1) is 0 Å². The van der Waals surface area contributed by atoms with Crippen molar-refractivity contribution in [1.29, 1.82) is 0 Å². The fraction of sp³-hybridized carbons (Fsp3) is 0.314. The van der Waals surface area contributed by atoms with E-state index in [0.717, 1.165) is 52.8 Å². The Bertz CT molecular complexity index is 1480. The summed E-state index contributed by atoms with van der Waals surface area (Å²) in [6.45, 7) is 12.9. The van der Waals surface area contributed by atoms with Crippen LogP contribution in [0.4, 0.5) is 0 Å². The molecular weight excluding hydrogens is 500 g/mol. The van der Waals surface area contributed by atoms with Gasteiger partial charge < -0.3 is 4.74 Å². The quantitative estimate of drug-likeness (QED) is 0.201. The fourth-order valence-corrected chi connectivity index (χ4v) is 5.76. The summed E-state index contributed by atoms with van der Waals surface area (Å²) >= 11 is 0. The SMILES string of the molecule is CCC(C)(CC)Oc1ccc(-c2ccc(-c3ccc(S(=O)(=O)c4ccc(C(C)(C)CC)cc4)cc3)cc2)cc1. The number of hydrogen-bond acceptors (Lipinski definition) is 3. The molecule has 0 atom stereocenters. The Hall–Kier alpha value is -3.37. The van der Waals surface area contributed by atoms with Gasteiger partial charge in [-0.05, 0) is 95.8 Å². The maximum atomic E-state index is 13.2. The third-order valence-electron chi connectivity index (χ3n) is 8.26. The van der Waals surface area contributed by atoms with Crippen LogP contribution in [-0.2, 0) is 15.3 Å². The standard InChI is InChI=1S/C35H40O3S/c1-7-34(4,5)30-18-24-33(25-19-30)39(36,37)32-22-16-29(17-23-32)27-12-10-26(11-13-27)28-14-20-31(21-15-28)38-35(6,8-2)9-3/h10-25H,7-9H2,1-6H3. The Labute approximate surface area is 234 Å². The van der Waals surface area contributed by atoms with Crippen molar-refractivity contribution in [2.75, 3.05) is 0 Å². The van der Waals surface area contributed by atoms with Gasteiger partial charge in [-0.2, -0.15) is 0 Å². The number of hydrogen-bond donors (Lipinski definition) is 0. The minimum atomic E-state index is -3.58. The Kier molecular flexibility index (Phi) is 8.37. The molecule has 0 aliphatic rings. The number of rotatable bonds is 10. The highest BCUT2D eigenvalue weighted by atomic mass is 32.2. The van der Waals surface area contributed by atoms with Crippen molar-refractivity contribution in [3.05, 3.63) is 103 Å². The monoisotopic (exact) mass is 540 g/mol. The first kappa shape index (κ1) is 28.6. The van der Waals surface area contributed by atoms with E-state index in [1.165, 1.54) is 0 Å². The minimum absolute atomic E-state index is 0.0166. The van der Waals surface area contributed by atoms with Gasteiger partial charge in [0.25, 0.3) is 0 Å². The lowest BCUT2D eigenvalue weighted by Gasteiger charge is -2.28. The predicted octanol–water partition coefficient (Wildman–Crippen LogP) is 9.50. The van der Waals surface area contributed by atoms with Crippen LogP contribution in [0.3, 0.4) is 0 Å². The first-order valence-electron chi connectivity index (χ1n) is 13.9. The van der Waals surface area contributed by atoms with Crippen molar-refractivity contribution in [2.45, 2.75) is 81.6 Å². The Morgan fingerprint density at radius 3 is 1.28 bits per heavy atom. The number of sulfone groups is 1. The van der Waals surface area contributed by atoms with Crippen molar-refractivity contribution in [2.24, 2.45) is 0 Å². The van der Waals surface area contributed by atoms with Crippen LogP contribution in [0.15, 0.2) is 107 Å². The van der Waals surface area contributed by atoms with Gasteiger partial charge in [0.2, 0.25) is 9.84 Å². The lowest BCUT2D eigenvalue weighted by atomic mass is 9.82. The smallest absolute Gasteiger partial charge is 0.206 e. The largest absolute Gasteiger partial charge is 0.488 e. The average Bonchev–Trinajstić information content (AvgIpc) is 2.97. The van der Waals surface area contributed by atoms with Gasteiger partial charge in [-0.3, -0.25) is 0 Å². The highest BCUT2D eigenvalue weighted by Crippen LogP contribution is 2.31. The molecule has 0 bridgehead atoms. The third-order valence-corrected chi connectivity index (χ3v) is 10.0. The maximum Gasteiger partial charge on any atom is 0.206 e. The molecule has 0 amide bonds. The summed E-state index contributed by atoms with van der Waals surface area (Å²) in [6, 6.07) is 31.0. The van der Waals surface area contributed by atoms with Gasteiger partial charge in [-0.1, -0.05) is 95.3 Å². The topological polar surface area (TPSA) is 43.4 Å². The second-order valence-corrected chi connectivity index (χ2v) is 13.1. The Morgan fingerprint density at radius 1 is 0.538 bits per heavy atom. The van der Waals surface area contributed by atoms with E-state index in [9.17, 15) is 8.42 Å². The van der Waals surface area contributed by atoms with E-state index in [4.69, 9.17) is 4.74 Å². The second kappa shape index (κ2) is 11.4. The predicted molar refractivity (Wildman–Crippen MR) is 162 cm³/mol. The molecule has 4 aromatic rings. The summed E-state index contributed by atoms with van der Waals surface area (Å²) < 4.78 is 32.7. The van der Waals surface area contributed by atoms with Crippen LogP contribution in [0.5, 0.6) is 5.75 Å². The zero-order valence-electron chi connectivity index (χ0n) is 24.0. The lowest BCUT2D eigenvalue weighted by molar-refractivity contribution is 0.0803. The Morgan fingerprint density at radius 2 is 0.897 bits per heavy atom. The highest BCUT2D eigenvalue weighted by molar-refractivity contribution is 7.91. The first-order valence-corrected chi connectivity index (χ1v) is 15.4. The average molecular weight is 541 g/mol. The molecule has 0 aliphatic carbocycles. The van der Waals surface area contributed by atoms with Crippen molar-refractivity contribution in [3.63, 3.8) is 0 Å². The summed E-state index contributed by atoms with van der Waals surface area (Å²) in [5.41, 5.74) is 5.27. The molecule has 0 saturated carbocycles. The zero-order chi connectivity index (χ0) is 28.3. The summed E-state index contributed by atoms with van der Waals surface area (Å²) in [5, 5.41) is 0. The third kappa shape index (κ3) is 6.28. The maximum absolute atomic E-state index is 13.2. The van der Waals surface area contributed by atoms with Crippen molar-refractivity contribution in [1.82, 2.24) is 0 Å². The summed E-state index contributed by atoms with van der Waals surface area (Å²) in [5.74, 6) is 0.886. The van der Waals surface area contributed by atoms with E-state index in [0.29, 0.717) is 9.79 Å². The summed E-state index contributed by atoms with van der Waals surface area (Å²) in [6.07, 6.45) is 2.91. The molecule has 0 saturated heterocycles. The van der Waals surface area contributed by atoms with Gasteiger partial charge in [0.1, 0.15) is 11.4 Å². The normalized spacial score (nSPS) is 12.4. The van der Waals surface area contributed by atoms with Crippen LogP contribution in [0.25, 0.3) is 22.3 Å². The summed E-state index contributed by atoms with van der Waals surface area (Å²) in [4.78, 5) is 0.621. The van der Waals surface area contributed by atoms with E-state index >= 15 is 0 Å². The molecule has 0 N–H and O–H groups in total. The minimum Gasteiger partial charge on any atom is -0.488 e. The molecule has 0 aromatic heterocycles. The summed E-state index contributed by atoms with van der Waals surface area (Å²) in [7, 11) is -3.58. The van der Waals surface area contributed by atoms with E-state index < -0.39 is 9.84 Å². The van der Waals surface area contributed by atoms with E-state index in [1.807, 2.05) is 36.4 Å². The molecule has 0 aliphatic heterocycles. The molecule has 0 unspecified atom stereocenters. The number of ether oxygens (including phenoxy) is 1. The molecule has 4 heteroatoms. The molecule has 39 heavy (non-hydrogen) atoms. The van der Waals surface area contributed by atoms with Crippen LogP contribution >= 0.6 is 0 Å². The molecule has 204 valence electrons. The van der Waals surface area contributed by atoms with Crippen molar-refractivity contribution >= 4 is 9.84 Å². The Balaban J connectivity index is 1.48. The van der Waals surface area contributed by atoms with Crippen LogP contribution in [-0.4, -0.2) is 14.0 Å². The van der Waals surface area contributed by atoms with Gasteiger partial charge in [-0.15, -0.1) is 0 Å².